The van der Waals surface area contributed by atoms with Gasteiger partial charge in [-0.25, -0.2) is 4.79 Å². The molecule has 43 heavy (non-hydrogen) atoms. The number of Topliss-reactive ketones (excluding diaryl/α,β-unsaturated/α-hetero) is 1. The number of carboxylic acids is 1. The Bertz CT molecular complexity index is 1510. The van der Waals surface area contributed by atoms with Crippen molar-refractivity contribution in [2.45, 2.75) is 88.2 Å². The third kappa shape index (κ3) is 5.78. The van der Waals surface area contributed by atoms with Crippen molar-refractivity contribution in [2.24, 2.45) is 0 Å². The smallest absolute Gasteiger partial charge is 0.335 e. The van der Waals surface area contributed by atoms with Gasteiger partial charge >= 0.3 is 5.97 Å². The molecule has 5 atom stereocenters. The lowest BCUT2D eigenvalue weighted by molar-refractivity contribution is -0.308. The number of carbonyl (C=O) groups excluding carboxylic acids is 1. The number of rotatable bonds is 8. The Hall–Kier alpha value is -3.74. The van der Waals surface area contributed by atoms with E-state index >= 15 is 0 Å². The van der Waals surface area contributed by atoms with Crippen LogP contribution in [0.4, 0.5) is 0 Å². The average Bonchev–Trinajstić information content (AvgIpc) is 2.99. The number of aryl methyl sites for hydroxylation is 1. The zero-order valence-corrected chi connectivity index (χ0v) is 23.6. The summed E-state index contributed by atoms with van der Waals surface area (Å²) in [6.45, 7) is 1.43. The van der Waals surface area contributed by atoms with Crippen molar-refractivity contribution < 1.29 is 54.8 Å². The van der Waals surface area contributed by atoms with E-state index in [1.807, 2.05) is 30.3 Å². The summed E-state index contributed by atoms with van der Waals surface area (Å²) >= 11 is 0. The predicted octanol–water partition coefficient (Wildman–Crippen LogP) is 2.95. The van der Waals surface area contributed by atoms with E-state index in [-0.39, 0.29) is 52.5 Å². The van der Waals surface area contributed by atoms with E-state index in [2.05, 4.69) is 0 Å². The third-order valence-electron chi connectivity index (χ3n) is 8.63. The van der Waals surface area contributed by atoms with E-state index in [1.54, 1.807) is 0 Å². The number of ether oxygens (including phenoxy) is 2. The Kier molecular flexibility index (Phi) is 8.64. The fourth-order valence-corrected chi connectivity index (χ4v) is 6.22. The maximum atomic E-state index is 13.4. The van der Waals surface area contributed by atoms with Crippen LogP contribution in [0.5, 0.6) is 17.2 Å². The molecular weight excluding hydrogens is 560 g/mol. The Morgan fingerprint density at radius 1 is 0.953 bits per heavy atom. The second kappa shape index (κ2) is 12.1. The Balaban J connectivity index is 1.56. The minimum atomic E-state index is -1.84. The number of aliphatic hydroxyl groups excluding tert-OH is 3. The summed E-state index contributed by atoms with van der Waals surface area (Å²) in [7, 11) is 0. The van der Waals surface area contributed by atoms with Gasteiger partial charge in [0.25, 0.3) is 0 Å². The average molecular weight is 597 g/mol. The molecule has 11 heteroatoms. The Morgan fingerprint density at radius 3 is 2.28 bits per heavy atom. The second-order valence-corrected chi connectivity index (χ2v) is 11.5. The molecule has 1 aliphatic heterocycles. The van der Waals surface area contributed by atoms with Crippen molar-refractivity contribution in [3.8, 4) is 17.2 Å². The number of aromatic hydroxyl groups is 2. The van der Waals surface area contributed by atoms with Crippen LogP contribution >= 0.6 is 0 Å². The molecule has 0 unspecified atom stereocenters. The zero-order valence-electron chi connectivity index (χ0n) is 23.6. The van der Waals surface area contributed by atoms with Gasteiger partial charge in [-0.2, -0.15) is 0 Å². The Labute approximate surface area is 247 Å². The molecule has 1 aliphatic carbocycles. The normalized spacial score (nSPS) is 25.4. The van der Waals surface area contributed by atoms with E-state index in [9.17, 15) is 45.3 Å². The molecule has 2 aliphatic rings. The quantitative estimate of drug-likeness (QED) is 0.149. The first kappa shape index (κ1) is 30.7. The lowest BCUT2D eigenvalue weighted by atomic mass is 9.76. The predicted molar refractivity (Wildman–Crippen MR) is 153 cm³/mol. The number of carboxylic acid groups (broad SMARTS) is 1. The van der Waals surface area contributed by atoms with E-state index in [4.69, 9.17) is 9.47 Å². The van der Waals surface area contributed by atoms with Gasteiger partial charge in [0.2, 0.25) is 6.29 Å². The number of ketones is 1. The summed E-state index contributed by atoms with van der Waals surface area (Å²) in [6.07, 6.45) is -5.21. The fraction of sp³-hybridized carbons (Fsp3) is 0.438. The second-order valence-electron chi connectivity index (χ2n) is 11.5. The summed E-state index contributed by atoms with van der Waals surface area (Å²) < 4.78 is 11.7. The van der Waals surface area contributed by atoms with Crippen LogP contribution in [0.3, 0.4) is 0 Å². The number of carbonyl (C=O) groups is 2. The molecule has 2 fully saturated rings. The number of aromatic carboxylic acids is 1. The van der Waals surface area contributed by atoms with Crippen LogP contribution in [0.15, 0.2) is 42.5 Å². The number of fused-ring (bicyclic) bond motifs is 1. The van der Waals surface area contributed by atoms with Gasteiger partial charge in [-0.15, -0.1) is 0 Å². The fourth-order valence-electron chi connectivity index (χ4n) is 6.22. The molecule has 5 rings (SSSR count). The highest BCUT2D eigenvalue weighted by atomic mass is 16.7. The number of aliphatic hydroxyl groups is 4. The molecule has 0 amide bonds. The Morgan fingerprint density at radius 2 is 1.63 bits per heavy atom. The molecule has 3 aromatic rings. The molecule has 3 aromatic carbocycles. The molecule has 1 heterocycles. The van der Waals surface area contributed by atoms with Crippen LogP contribution in [0, 0.1) is 6.92 Å². The van der Waals surface area contributed by atoms with Crippen LogP contribution in [0.25, 0.3) is 10.8 Å². The van der Waals surface area contributed by atoms with Gasteiger partial charge in [0, 0.05) is 17.4 Å². The zero-order chi connectivity index (χ0) is 31.1. The molecule has 7 N–H and O–H groups in total. The van der Waals surface area contributed by atoms with Gasteiger partial charge in [-0.05, 0) is 43.9 Å². The highest BCUT2D eigenvalue weighted by Crippen LogP contribution is 2.46. The SMILES string of the molecule is Cc1c(C(=O)CCc2ccccc2)c(O)c2c(O[C@@H]3O[C@H](C4(O)CCCCC4)[C@@H](O)[C@H](O)[C@H]3O)cc(C(=O)O)cc2c1O. The molecular formula is C32H36O11. The molecule has 230 valence electrons. The van der Waals surface area contributed by atoms with E-state index < -0.39 is 59.6 Å². The standard InChI is InChI=1S/C32H36O11/c1-16-22(20(33)11-10-17-8-4-2-5-9-17)25(35)23-19(24(16)34)14-18(30(39)40)15-21(23)42-31-28(38)26(36)27(37)29(43-31)32(41)12-6-3-7-13-32/h2,4-5,8-9,14-15,26-29,31,34-38,41H,3,6-7,10-13H2,1H3,(H,39,40)/t26-,27-,28+,29-,31+/m0/s1. The number of phenols is 2. The van der Waals surface area contributed by atoms with E-state index in [1.165, 1.54) is 6.92 Å². The first-order valence-electron chi connectivity index (χ1n) is 14.3. The molecule has 0 aromatic heterocycles. The molecule has 0 spiro atoms. The summed E-state index contributed by atoms with van der Waals surface area (Å²) in [4.78, 5) is 25.3. The highest BCUT2D eigenvalue weighted by Gasteiger charge is 2.53. The summed E-state index contributed by atoms with van der Waals surface area (Å²) in [5, 5.41) is 75.4. The molecule has 1 saturated heterocycles. The minimum absolute atomic E-state index is 0.00154. The van der Waals surface area contributed by atoms with Gasteiger partial charge in [0.15, 0.2) is 5.78 Å². The summed E-state index contributed by atoms with van der Waals surface area (Å²) in [5.41, 5.74) is -1.09. The first-order chi connectivity index (χ1) is 20.4. The van der Waals surface area contributed by atoms with Crippen LogP contribution < -0.4 is 4.74 Å². The van der Waals surface area contributed by atoms with Crippen molar-refractivity contribution in [3.05, 3.63) is 64.7 Å². The number of phenolic OH excluding ortho intramolecular Hbond substituents is 2. The molecule has 11 nitrogen and oxygen atoms in total. The number of benzene rings is 3. The van der Waals surface area contributed by atoms with Gasteiger partial charge in [0.05, 0.1) is 22.1 Å². The van der Waals surface area contributed by atoms with Gasteiger partial charge in [-0.3, -0.25) is 4.79 Å². The van der Waals surface area contributed by atoms with E-state index in [0.717, 1.165) is 24.1 Å². The van der Waals surface area contributed by atoms with Crippen molar-refractivity contribution in [1.29, 1.82) is 0 Å². The van der Waals surface area contributed by atoms with Crippen molar-refractivity contribution in [1.82, 2.24) is 0 Å². The summed E-state index contributed by atoms with van der Waals surface area (Å²) in [6, 6.07) is 11.4. The first-order valence-corrected chi connectivity index (χ1v) is 14.3. The van der Waals surface area contributed by atoms with Crippen molar-refractivity contribution in [3.63, 3.8) is 0 Å². The van der Waals surface area contributed by atoms with Crippen LogP contribution in [0.1, 0.15) is 70.4 Å². The van der Waals surface area contributed by atoms with Crippen LogP contribution in [-0.2, 0) is 11.2 Å². The molecule has 0 bridgehead atoms. The largest absolute Gasteiger partial charge is 0.507 e. The maximum Gasteiger partial charge on any atom is 0.335 e. The van der Waals surface area contributed by atoms with Crippen molar-refractivity contribution >= 4 is 22.5 Å². The topological polar surface area (TPSA) is 194 Å². The molecule has 1 saturated carbocycles. The lowest BCUT2D eigenvalue weighted by Crippen LogP contribution is -2.65. The minimum Gasteiger partial charge on any atom is -0.507 e. The maximum absolute atomic E-state index is 13.4. The van der Waals surface area contributed by atoms with E-state index in [0.29, 0.717) is 19.3 Å². The third-order valence-corrected chi connectivity index (χ3v) is 8.63. The number of hydrogen-bond acceptors (Lipinski definition) is 10. The lowest BCUT2D eigenvalue weighted by Gasteiger charge is -2.48. The van der Waals surface area contributed by atoms with Crippen LogP contribution in [-0.4, -0.2) is 83.8 Å². The highest BCUT2D eigenvalue weighted by molar-refractivity contribution is 6.11. The monoisotopic (exact) mass is 596 g/mol. The van der Waals surface area contributed by atoms with Crippen LogP contribution in [0.2, 0.25) is 0 Å². The molecule has 0 radical (unpaired) electrons. The van der Waals surface area contributed by atoms with Crippen molar-refractivity contribution in [2.75, 3.05) is 0 Å². The van der Waals surface area contributed by atoms with Gasteiger partial charge < -0.3 is 45.2 Å². The van der Waals surface area contributed by atoms with Gasteiger partial charge in [-0.1, -0.05) is 49.6 Å². The number of hydrogen-bond donors (Lipinski definition) is 7. The summed E-state index contributed by atoms with van der Waals surface area (Å²) in [5.74, 6) is -3.23. The van der Waals surface area contributed by atoms with Gasteiger partial charge in [0.1, 0.15) is 41.7 Å².